The highest BCUT2D eigenvalue weighted by Gasteiger charge is 2.18. The zero-order chi connectivity index (χ0) is 14.5. The van der Waals surface area contributed by atoms with Crippen LogP contribution in [0.5, 0.6) is 5.75 Å². The molecule has 5 heteroatoms. The van der Waals surface area contributed by atoms with E-state index in [1.54, 1.807) is 13.2 Å². The Morgan fingerprint density at radius 2 is 2.00 bits per heavy atom. The van der Waals surface area contributed by atoms with Crippen LogP contribution in [0.1, 0.15) is 11.6 Å². The predicted octanol–water partition coefficient (Wildman–Crippen LogP) is 3.10. The van der Waals surface area contributed by atoms with Gasteiger partial charge in [-0.15, -0.1) is 0 Å². The number of ether oxygens (including phenoxy) is 1. The van der Waals surface area contributed by atoms with Gasteiger partial charge in [0.15, 0.2) is 0 Å². The standard InChI is InChI=1S/C15H15BrN2O2/c1-20-11-6-4-5-10(9-11)14(15(17)19)18-13-8-3-2-7-12(13)16/h2-9,14,18H,1H3,(H2,17,19). The molecule has 0 aliphatic carbocycles. The molecule has 2 aromatic carbocycles. The maximum Gasteiger partial charge on any atom is 0.244 e. The highest BCUT2D eigenvalue weighted by atomic mass is 79.9. The fraction of sp³-hybridized carbons (Fsp3) is 0.133. The smallest absolute Gasteiger partial charge is 0.244 e. The van der Waals surface area contributed by atoms with E-state index in [-0.39, 0.29) is 0 Å². The van der Waals surface area contributed by atoms with Crippen LogP contribution in [0.25, 0.3) is 0 Å². The second-order valence-corrected chi connectivity index (χ2v) is 5.09. The van der Waals surface area contributed by atoms with Crippen molar-refractivity contribution in [3.63, 3.8) is 0 Å². The number of carbonyl (C=O) groups is 1. The third kappa shape index (κ3) is 3.30. The van der Waals surface area contributed by atoms with Gasteiger partial charge in [0.05, 0.1) is 7.11 Å². The molecule has 0 aliphatic rings. The van der Waals surface area contributed by atoms with Crippen molar-refractivity contribution in [3.05, 3.63) is 58.6 Å². The summed E-state index contributed by atoms with van der Waals surface area (Å²) in [5, 5.41) is 3.14. The zero-order valence-electron chi connectivity index (χ0n) is 11.0. The molecule has 0 spiro atoms. The largest absolute Gasteiger partial charge is 0.497 e. The fourth-order valence-electron chi connectivity index (χ4n) is 1.87. The summed E-state index contributed by atoms with van der Waals surface area (Å²) in [6, 6.07) is 14.2. The maximum absolute atomic E-state index is 11.7. The van der Waals surface area contributed by atoms with Crippen molar-refractivity contribution >= 4 is 27.5 Å². The molecule has 20 heavy (non-hydrogen) atoms. The number of halogens is 1. The van der Waals surface area contributed by atoms with Crippen LogP contribution in [-0.2, 0) is 4.79 Å². The van der Waals surface area contributed by atoms with Gasteiger partial charge in [-0.1, -0.05) is 24.3 Å². The van der Waals surface area contributed by atoms with E-state index in [2.05, 4.69) is 21.2 Å². The number of primary amides is 1. The highest BCUT2D eigenvalue weighted by molar-refractivity contribution is 9.10. The van der Waals surface area contributed by atoms with E-state index in [1.807, 2.05) is 42.5 Å². The Morgan fingerprint density at radius 1 is 1.25 bits per heavy atom. The van der Waals surface area contributed by atoms with Gasteiger partial charge in [-0.05, 0) is 45.8 Å². The van der Waals surface area contributed by atoms with E-state index >= 15 is 0 Å². The highest BCUT2D eigenvalue weighted by Crippen LogP contribution is 2.27. The second kappa shape index (κ2) is 6.43. The minimum Gasteiger partial charge on any atom is -0.497 e. The summed E-state index contributed by atoms with van der Waals surface area (Å²) in [5.41, 5.74) is 7.06. The Labute approximate surface area is 126 Å². The number of methoxy groups -OCH3 is 1. The SMILES string of the molecule is COc1cccc(C(Nc2ccccc2Br)C(N)=O)c1. The molecule has 0 saturated heterocycles. The quantitative estimate of drug-likeness (QED) is 0.883. The Hall–Kier alpha value is -2.01. The number of nitrogens with two attached hydrogens (primary N) is 1. The number of hydrogen-bond acceptors (Lipinski definition) is 3. The van der Waals surface area contributed by atoms with Gasteiger partial charge in [0.25, 0.3) is 0 Å². The lowest BCUT2D eigenvalue weighted by molar-refractivity contribution is -0.118. The van der Waals surface area contributed by atoms with Gasteiger partial charge in [0.1, 0.15) is 11.8 Å². The van der Waals surface area contributed by atoms with Crippen LogP contribution in [0.15, 0.2) is 53.0 Å². The van der Waals surface area contributed by atoms with Crippen molar-refractivity contribution in [1.29, 1.82) is 0 Å². The van der Waals surface area contributed by atoms with Crippen LogP contribution in [-0.4, -0.2) is 13.0 Å². The molecule has 104 valence electrons. The number of para-hydroxylation sites is 1. The first-order valence-electron chi connectivity index (χ1n) is 6.06. The average molecular weight is 335 g/mol. The molecule has 0 aliphatic heterocycles. The number of rotatable bonds is 5. The molecule has 0 heterocycles. The average Bonchev–Trinajstić information content (AvgIpc) is 2.46. The minimum atomic E-state index is -0.621. The lowest BCUT2D eigenvalue weighted by atomic mass is 10.1. The first-order valence-corrected chi connectivity index (χ1v) is 6.85. The van der Waals surface area contributed by atoms with Crippen LogP contribution >= 0.6 is 15.9 Å². The predicted molar refractivity (Wildman–Crippen MR) is 82.7 cm³/mol. The molecule has 2 aromatic rings. The number of nitrogens with one attached hydrogen (secondary N) is 1. The summed E-state index contributed by atoms with van der Waals surface area (Å²) < 4.78 is 6.04. The molecule has 0 bridgehead atoms. The van der Waals surface area contributed by atoms with E-state index in [0.717, 1.165) is 15.7 Å². The molecule has 1 amide bonds. The summed E-state index contributed by atoms with van der Waals surface area (Å²) in [6.45, 7) is 0. The van der Waals surface area contributed by atoms with Crippen LogP contribution in [0.3, 0.4) is 0 Å². The lowest BCUT2D eigenvalue weighted by Gasteiger charge is -2.18. The van der Waals surface area contributed by atoms with Crippen molar-refractivity contribution in [2.45, 2.75) is 6.04 Å². The van der Waals surface area contributed by atoms with Crippen LogP contribution in [0.4, 0.5) is 5.69 Å². The van der Waals surface area contributed by atoms with E-state index in [4.69, 9.17) is 10.5 Å². The number of hydrogen-bond donors (Lipinski definition) is 2. The summed E-state index contributed by atoms with van der Waals surface area (Å²) >= 11 is 3.44. The van der Waals surface area contributed by atoms with Gasteiger partial charge in [-0.3, -0.25) is 4.79 Å². The maximum atomic E-state index is 11.7. The number of anilines is 1. The van der Waals surface area contributed by atoms with E-state index in [0.29, 0.717) is 5.75 Å². The van der Waals surface area contributed by atoms with E-state index in [1.165, 1.54) is 0 Å². The summed E-state index contributed by atoms with van der Waals surface area (Å²) in [6.07, 6.45) is 0. The van der Waals surface area contributed by atoms with Crippen molar-refractivity contribution in [1.82, 2.24) is 0 Å². The van der Waals surface area contributed by atoms with Crippen molar-refractivity contribution in [2.24, 2.45) is 5.73 Å². The van der Waals surface area contributed by atoms with Crippen LogP contribution in [0, 0.1) is 0 Å². The number of amides is 1. The molecule has 2 rings (SSSR count). The molecule has 0 aromatic heterocycles. The second-order valence-electron chi connectivity index (χ2n) is 4.24. The first-order chi connectivity index (χ1) is 9.61. The van der Waals surface area contributed by atoms with Gasteiger partial charge in [-0.2, -0.15) is 0 Å². The monoisotopic (exact) mass is 334 g/mol. The summed E-state index contributed by atoms with van der Waals surface area (Å²) in [7, 11) is 1.58. The molecule has 1 atom stereocenters. The topological polar surface area (TPSA) is 64.3 Å². The molecule has 1 unspecified atom stereocenters. The Morgan fingerprint density at radius 3 is 2.65 bits per heavy atom. The Kier molecular flexibility index (Phi) is 4.63. The summed E-state index contributed by atoms with van der Waals surface area (Å²) in [5.74, 6) is 0.233. The van der Waals surface area contributed by atoms with Gasteiger partial charge in [-0.25, -0.2) is 0 Å². The Bertz CT molecular complexity index is 616. The fourth-order valence-corrected chi connectivity index (χ4v) is 2.27. The van der Waals surface area contributed by atoms with Crippen molar-refractivity contribution in [2.75, 3.05) is 12.4 Å². The van der Waals surface area contributed by atoms with E-state index < -0.39 is 11.9 Å². The van der Waals surface area contributed by atoms with Crippen LogP contribution in [0.2, 0.25) is 0 Å². The molecular formula is C15H15BrN2O2. The van der Waals surface area contributed by atoms with Gasteiger partial charge < -0.3 is 15.8 Å². The molecule has 0 saturated carbocycles. The first kappa shape index (κ1) is 14.4. The third-order valence-electron chi connectivity index (χ3n) is 2.89. The van der Waals surface area contributed by atoms with Gasteiger partial charge in [0, 0.05) is 10.2 Å². The number of carbonyl (C=O) groups excluding carboxylic acids is 1. The van der Waals surface area contributed by atoms with Gasteiger partial charge in [0.2, 0.25) is 5.91 Å². The van der Waals surface area contributed by atoms with E-state index in [9.17, 15) is 4.79 Å². The Balaban J connectivity index is 2.32. The lowest BCUT2D eigenvalue weighted by Crippen LogP contribution is -2.27. The van der Waals surface area contributed by atoms with Crippen molar-refractivity contribution < 1.29 is 9.53 Å². The normalized spacial score (nSPS) is 11.7. The van der Waals surface area contributed by atoms with Crippen LogP contribution < -0.4 is 15.8 Å². The molecular weight excluding hydrogens is 320 g/mol. The molecule has 3 N–H and O–H groups in total. The molecule has 0 fully saturated rings. The minimum absolute atomic E-state index is 0.450. The summed E-state index contributed by atoms with van der Waals surface area (Å²) in [4.78, 5) is 11.7. The van der Waals surface area contributed by atoms with Gasteiger partial charge >= 0.3 is 0 Å². The molecule has 4 nitrogen and oxygen atoms in total. The number of benzene rings is 2. The zero-order valence-corrected chi connectivity index (χ0v) is 12.6. The van der Waals surface area contributed by atoms with Crippen molar-refractivity contribution in [3.8, 4) is 5.75 Å². The molecule has 0 radical (unpaired) electrons. The third-order valence-corrected chi connectivity index (χ3v) is 3.58.